The number of ketones is 1. The Labute approximate surface area is 97.8 Å². The minimum atomic E-state index is 0.0217. The van der Waals surface area contributed by atoms with Gasteiger partial charge in [0.25, 0.3) is 0 Å². The second kappa shape index (κ2) is 5.21. The van der Waals surface area contributed by atoms with E-state index in [0.29, 0.717) is 23.5 Å². The van der Waals surface area contributed by atoms with Gasteiger partial charge in [-0.3, -0.25) is 9.59 Å². The number of rotatable bonds is 4. The maximum Gasteiger partial charge on any atom is 0.163 e. The van der Waals surface area contributed by atoms with Gasteiger partial charge in [0.05, 0.1) is 0 Å². The van der Waals surface area contributed by atoms with E-state index in [1.165, 1.54) is 0 Å². The molecule has 2 nitrogen and oxygen atoms in total. The van der Waals surface area contributed by atoms with Crippen molar-refractivity contribution in [2.45, 2.75) is 20.3 Å². The van der Waals surface area contributed by atoms with Crippen LogP contribution >= 0.6 is 15.9 Å². The fourth-order valence-electron chi connectivity index (χ4n) is 1.35. The van der Waals surface area contributed by atoms with Gasteiger partial charge in [0, 0.05) is 22.0 Å². The number of hydrogen-bond donors (Lipinski definition) is 0. The summed E-state index contributed by atoms with van der Waals surface area (Å²) in [4.78, 5) is 22.6. The molecule has 0 aromatic heterocycles. The summed E-state index contributed by atoms with van der Waals surface area (Å²) in [7, 11) is 0. The van der Waals surface area contributed by atoms with Gasteiger partial charge in [-0.2, -0.15) is 0 Å². The normalized spacial score (nSPS) is 10.4. The van der Waals surface area contributed by atoms with Crippen molar-refractivity contribution in [2.24, 2.45) is 5.92 Å². The highest BCUT2D eigenvalue weighted by Crippen LogP contribution is 2.18. The van der Waals surface area contributed by atoms with Crippen molar-refractivity contribution in [1.82, 2.24) is 0 Å². The fraction of sp³-hybridized carbons (Fsp3) is 0.333. The minimum absolute atomic E-state index is 0.0217. The first-order valence-corrected chi connectivity index (χ1v) is 5.62. The van der Waals surface area contributed by atoms with E-state index >= 15 is 0 Å². The summed E-state index contributed by atoms with van der Waals surface area (Å²) in [5.74, 6) is 0.324. The van der Waals surface area contributed by atoms with E-state index < -0.39 is 0 Å². The van der Waals surface area contributed by atoms with Crippen LogP contribution in [0.15, 0.2) is 22.7 Å². The fourth-order valence-corrected chi connectivity index (χ4v) is 1.71. The van der Waals surface area contributed by atoms with E-state index in [2.05, 4.69) is 15.9 Å². The smallest absolute Gasteiger partial charge is 0.163 e. The number of carbonyl (C=O) groups is 2. The molecule has 0 aliphatic rings. The van der Waals surface area contributed by atoms with Crippen LogP contribution in [0.1, 0.15) is 41.0 Å². The molecular weight excluding hydrogens is 256 g/mol. The van der Waals surface area contributed by atoms with E-state index in [1.807, 2.05) is 13.8 Å². The van der Waals surface area contributed by atoms with E-state index in [9.17, 15) is 9.59 Å². The summed E-state index contributed by atoms with van der Waals surface area (Å²) in [6.45, 7) is 3.97. The standard InChI is InChI=1S/C12H13BrO2/c1-8(2)5-12(15)11-6-10(13)4-3-9(11)7-14/h3-4,6-8H,5H2,1-2H3. The highest BCUT2D eigenvalue weighted by Gasteiger charge is 2.12. The quantitative estimate of drug-likeness (QED) is 0.619. The maximum absolute atomic E-state index is 11.8. The Balaban J connectivity index is 3.05. The molecule has 1 aromatic carbocycles. The monoisotopic (exact) mass is 268 g/mol. The number of benzene rings is 1. The summed E-state index contributed by atoms with van der Waals surface area (Å²) in [5, 5.41) is 0. The number of halogens is 1. The number of Topliss-reactive ketones (excluding diaryl/α,β-unsaturated/α-hetero) is 1. The van der Waals surface area contributed by atoms with Crippen molar-refractivity contribution in [1.29, 1.82) is 0 Å². The van der Waals surface area contributed by atoms with Crippen molar-refractivity contribution >= 4 is 28.0 Å². The molecule has 0 bridgehead atoms. The Kier molecular flexibility index (Phi) is 4.21. The molecular formula is C12H13BrO2. The maximum atomic E-state index is 11.8. The molecule has 0 aliphatic heterocycles. The number of carbonyl (C=O) groups excluding carboxylic acids is 2. The van der Waals surface area contributed by atoms with Gasteiger partial charge in [-0.15, -0.1) is 0 Å². The molecule has 80 valence electrons. The Hall–Kier alpha value is -0.960. The van der Waals surface area contributed by atoms with E-state index in [-0.39, 0.29) is 5.78 Å². The third-order valence-corrected chi connectivity index (χ3v) is 2.53. The molecule has 1 aromatic rings. The average Bonchev–Trinajstić information content (AvgIpc) is 2.16. The van der Waals surface area contributed by atoms with Gasteiger partial charge in [-0.25, -0.2) is 0 Å². The van der Waals surface area contributed by atoms with Crippen LogP contribution in [0.2, 0.25) is 0 Å². The molecule has 0 unspecified atom stereocenters. The molecule has 0 N–H and O–H groups in total. The Bertz CT molecular complexity index is 383. The summed E-state index contributed by atoms with van der Waals surface area (Å²) in [6, 6.07) is 5.12. The second-order valence-corrected chi connectivity index (χ2v) is 4.79. The Morgan fingerprint density at radius 1 is 1.47 bits per heavy atom. The molecule has 0 atom stereocenters. The lowest BCUT2D eigenvalue weighted by Gasteiger charge is -2.06. The lowest BCUT2D eigenvalue weighted by molar-refractivity contribution is 0.0962. The van der Waals surface area contributed by atoms with Crippen LogP contribution in [0.4, 0.5) is 0 Å². The van der Waals surface area contributed by atoms with Crippen LogP contribution in [-0.4, -0.2) is 12.1 Å². The molecule has 0 spiro atoms. The van der Waals surface area contributed by atoms with Crippen molar-refractivity contribution in [3.05, 3.63) is 33.8 Å². The summed E-state index contributed by atoms with van der Waals surface area (Å²) < 4.78 is 0.820. The number of hydrogen-bond acceptors (Lipinski definition) is 2. The Morgan fingerprint density at radius 3 is 2.67 bits per heavy atom. The molecule has 1 rings (SSSR count). The van der Waals surface area contributed by atoms with Crippen molar-refractivity contribution in [2.75, 3.05) is 0 Å². The van der Waals surface area contributed by atoms with Crippen molar-refractivity contribution in [3.8, 4) is 0 Å². The molecule has 3 heteroatoms. The largest absolute Gasteiger partial charge is 0.298 e. The summed E-state index contributed by atoms with van der Waals surface area (Å²) in [6.07, 6.45) is 1.19. The van der Waals surface area contributed by atoms with Gasteiger partial charge in [-0.05, 0) is 24.1 Å². The van der Waals surface area contributed by atoms with E-state index in [0.717, 1.165) is 10.8 Å². The van der Waals surface area contributed by atoms with Crippen LogP contribution in [0.5, 0.6) is 0 Å². The lowest BCUT2D eigenvalue weighted by atomic mass is 9.98. The van der Waals surface area contributed by atoms with Crippen LogP contribution in [0, 0.1) is 5.92 Å². The topological polar surface area (TPSA) is 34.1 Å². The third kappa shape index (κ3) is 3.27. The van der Waals surface area contributed by atoms with Gasteiger partial charge in [0.2, 0.25) is 0 Å². The van der Waals surface area contributed by atoms with Gasteiger partial charge >= 0.3 is 0 Å². The zero-order chi connectivity index (χ0) is 11.4. The highest BCUT2D eigenvalue weighted by molar-refractivity contribution is 9.10. The van der Waals surface area contributed by atoms with E-state index in [1.54, 1.807) is 18.2 Å². The van der Waals surface area contributed by atoms with Crippen LogP contribution < -0.4 is 0 Å². The zero-order valence-corrected chi connectivity index (χ0v) is 10.4. The van der Waals surface area contributed by atoms with Crippen LogP contribution in [0.3, 0.4) is 0 Å². The third-order valence-electron chi connectivity index (χ3n) is 2.04. The molecule has 0 amide bonds. The molecule has 0 heterocycles. The Morgan fingerprint density at radius 2 is 2.13 bits per heavy atom. The summed E-state index contributed by atoms with van der Waals surface area (Å²) >= 11 is 3.29. The van der Waals surface area contributed by atoms with Crippen LogP contribution in [-0.2, 0) is 0 Å². The first-order chi connectivity index (χ1) is 7.04. The molecule has 0 radical (unpaired) electrons. The number of aldehydes is 1. The minimum Gasteiger partial charge on any atom is -0.298 e. The van der Waals surface area contributed by atoms with Gasteiger partial charge in [-0.1, -0.05) is 29.8 Å². The summed E-state index contributed by atoms with van der Waals surface area (Å²) in [5.41, 5.74) is 0.969. The van der Waals surface area contributed by atoms with Crippen molar-refractivity contribution < 1.29 is 9.59 Å². The molecule has 0 fully saturated rings. The SMILES string of the molecule is CC(C)CC(=O)c1cc(Br)ccc1C=O. The predicted octanol–water partition coefficient (Wildman–Crippen LogP) is 3.49. The predicted molar refractivity (Wildman–Crippen MR) is 63.3 cm³/mol. The van der Waals surface area contributed by atoms with Gasteiger partial charge in [0.15, 0.2) is 12.1 Å². The van der Waals surface area contributed by atoms with Gasteiger partial charge < -0.3 is 0 Å². The van der Waals surface area contributed by atoms with E-state index in [4.69, 9.17) is 0 Å². The highest BCUT2D eigenvalue weighted by atomic mass is 79.9. The first-order valence-electron chi connectivity index (χ1n) is 4.82. The zero-order valence-electron chi connectivity index (χ0n) is 8.79. The van der Waals surface area contributed by atoms with Crippen LogP contribution in [0.25, 0.3) is 0 Å². The molecule has 15 heavy (non-hydrogen) atoms. The lowest BCUT2D eigenvalue weighted by Crippen LogP contribution is -2.06. The molecule has 0 saturated carbocycles. The molecule has 0 aliphatic carbocycles. The average molecular weight is 269 g/mol. The van der Waals surface area contributed by atoms with Gasteiger partial charge in [0.1, 0.15) is 0 Å². The van der Waals surface area contributed by atoms with Crippen molar-refractivity contribution in [3.63, 3.8) is 0 Å². The second-order valence-electron chi connectivity index (χ2n) is 3.87. The molecule has 0 saturated heterocycles. The first kappa shape index (κ1) is 12.1.